The van der Waals surface area contributed by atoms with Crippen LogP contribution in [-0.4, -0.2) is 30.2 Å². The molecule has 0 fully saturated rings. The number of nitrogens with one attached hydrogen (secondary N) is 1. The first kappa shape index (κ1) is 10.4. The summed E-state index contributed by atoms with van der Waals surface area (Å²) in [5, 5.41) is 3.31. The second-order valence-electron chi connectivity index (χ2n) is 3.82. The standard InChI is InChI=1S/C11H17N3O/c1-8-13-10-5-3-4-9(10)11(14-8)12-6-7-15-2/h3-7H2,1-2H3,(H,12,13,14). The van der Waals surface area contributed by atoms with E-state index in [2.05, 4.69) is 15.3 Å². The molecule has 1 aliphatic rings. The number of methoxy groups -OCH3 is 1. The fraction of sp³-hybridized carbons (Fsp3) is 0.636. The largest absolute Gasteiger partial charge is 0.383 e. The van der Waals surface area contributed by atoms with Crippen LogP contribution in [0.4, 0.5) is 5.82 Å². The van der Waals surface area contributed by atoms with Crippen molar-refractivity contribution in [1.82, 2.24) is 9.97 Å². The van der Waals surface area contributed by atoms with Gasteiger partial charge in [0, 0.05) is 24.9 Å². The number of aromatic nitrogens is 2. The number of ether oxygens (including phenoxy) is 1. The maximum absolute atomic E-state index is 5.01. The number of fused-ring (bicyclic) bond motifs is 1. The minimum Gasteiger partial charge on any atom is -0.383 e. The molecule has 0 bridgehead atoms. The summed E-state index contributed by atoms with van der Waals surface area (Å²) in [5.74, 6) is 1.86. The van der Waals surface area contributed by atoms with E-state index in [1.165, 1.54) is 17.7 Å². The number of aryl methyl sites for hydroxylation is 2. The van der Waals surface area contributed by atoms with Gasteiger partial charge in [0.15, 0.2) is 0 Å². The third-order valence-electron chi connectivity index (χ3n) is 2.64. The molecule has 2 rings (SSSR count). The van der Waals surface area contributed by atoms with Gasteiger partial charge in [-0.1, -0.05) is 0 Å². The topological polar surface area (TPSA) is 47.0 Å². The summed E-state index contributed by atoms with van der Waals surface area (Å²) >= 11 is 0. The zero-order chi connectivity index (χ0) is 10.7. The molecule has 0 atom stereocenters. The summed E-state index contributed by atoms with van der Waals surface area (Å²) < 4.78 is 5.01. The van der Waals surface area contributed by atoms with E-state index < -0.39 is 0 Å². The van der Waals surface area contributed by atoms with E-state index in [0.717, 1.165) is 31.0 Å². The van der Waals surface area contributed by atoms with E-state index in [0.29, 0.717) is 6.61 Å². The van der Waals surface area contributed by atoms with Crippen molar-refractivity contribution in [3.8, 4) is 0 Å². The van der Waals surface area contributed by atoms with Crippen LogP contribution in [0, 0.1) is 6.92 Å². The zero-order valence-corrected chi connectivity index (χ0v) is 9.34. The lowest BCUT2D eigenvalue weighted by Crippen LogP contribution is -2.12. The molecule has 0 saturated heterocycles. The van der Waals surface area contributed by atoms with E-state index in [-0.39, 0.29) is 0 Å². The highest BCUT2D eigenvalue weighted by Crippen LogP contribution is 2.25. The molecule has 0 spiro atoms. The lowest BCUT2D eigenvalue weighted by molar-refractivity contribution is 0.210. The summed E-state index contributed by atoms with van der Waals surface area (Å²) in [6.07, 6.45) is 3.40. The van der Waals surface area contributed by atoms with Gasteiger partial charge >= 0.3 is 0 Å². The molecule has 15 heavy (non-hydrogen) atoms. The maximum atomic E-state index is 5.01. The molecule has 1 heterocycles. The van der Waals surface area contributed by atoms with Crippen LogP contribution in [-0.2, 0) is 17.6 Å². The Kier molecular flexibility index (Phi) is 3.16. The van der Waals surface area contributed by atoms with Crippen molar-refractivity contribution in [2.45, 2.75) is 26.2 Å². The van der Waals surface area contributed by atoms with E-state index >= 15 is 0 Å². The summed E-state index contributed by atoms with van der Waals surface area (Å²) in [7, 11) is 1.71. The fourth-order valence-electron chi connectivity index (χ4n) is 1.97. The highest BCUT2D eigenvalue weighted by Gasteiger charge is 2.17. The van der Waals surface area contributed by atoms with Crippen molar-refractivity contribution in [3.05, 3.63) is 17.1 Å². The molecule has 0 aromatic carbocycles. The van der Waals surface area contributed by atoms with Crippen molar-refractivity contribution in [3.63, 3.8) is 0 Å². The second kappa shape index (κ2) is 4.57. The molecule has 1 aromatic heterocycles. The molecule has 0 saturated carbocycles. The van der Waals surface area contributed by atoms with E-state index in [9.17, 15) is 0 Å². The number of nitrogens with zero attached hydrogens (tertiary/aromatic N) is 2. The van der Waals surface area contributed by atoms with Crippen molar-refractivity contribution in [1.29, 1.82) is 0 Å². The minimum atomic E-state index is 0.706. The predicted molar refractivity (Wildman–Crippen MR) is 59.2 cm³/mol. The molecule has 4 nitrogen and oxygen atoms in total. The van der Waals surface area contributed by atoms with Gasteiger partial charge in [-0.3, -0.25) is 0 Å². The van der Waals surface area contributed by atoms with Crippen molar-refractivity contribution >= 4 is 5.82 Å². The van der Waals surface area contributed by atoms with E-state index in [4.69, 9.17) is 4.74 Å². The molecule has 1 aliphatic carbocycles. The lowest BCUT2D eigenvalue weighted by atomic mass is 10.2. The van der Waals surface area contributed by atoms with E-state index in [1.807, 2.05) is 6.92 Å². The molecule has 0 aliphatic heterocycles. The van der Waals surface area contributed by atoms with Crippen LogP contribution in [0.1, 0.15) is 23.5 Å². The average molecular weight is 207 g/mol. The average Bonchev–Trinajstić information content (AvgIpc) is 2.65. The molecule has 4 heteroatoms. The van der Waals surface area contributed by atoms with Gasteiger partial charge in [0.05, 0.1) is 6.61 Å². The van der Waals surface area contributed by atoms with Gasteiger partial charge in [-0.05, 0) is 26.2 Å². The Morgan fingerprint density at radius 1 is 1.33 bits per heavy atom. The van der Waals surface area contributed by atoms with Crippen LogP contribution in [0.3, 0.4) is 0 Å². The van der Waals surface area contributed by atoms with Crippen LogP contribution < -0.4 is 5.32 Å². The van der Waals surface area contributed by atoms with Gasteiger partial charge in [-0.15, -0.1) is 0 Å². The van der Waals surface area contributed by atoms with Gasteiger partial charge in [0.1, 0.15) is 11.6 Å². The Morgan fingerprint density at radius 3 is 3.00 bits per heavy atom. The molecule has 82 valence electrons. The smallest absolute Gasteiger partial charge is 0.133 e. The Balaban J connectivity index is 2.15. The van der Waals surface area contributed by atoms with Crippen LogP contribution in [0.5, 0.6) is 0 Å². The van der Waals surface area contributed by atoms with Crippen LogP contribution in [0.2, 0.25) is 0 Å². The number of anilines is 1. The minimum absolute atomic E-state index is 0.706. The molecule has 0 amide bonds. The Labute approximate surface area is 90.1 Å². The van der Waals surface area contributed by atoms with Gasteiger partial charge in [-0.2, -0.15) is 0 Å². The zero-order valence-electron chi connectivity index (χ0n) is 9.34. The SMILES string of the molecule is COCCNc1nc(C)nc2c1CCC2. The third-order valence-corrected chi connectivity index (χ3v) is 2.64. The van der Waals surface area contributed by atoms with E-state index in [1.54, 1.807) is 7.11 Å². The van der Waals surface area contributed by atoms with Gasteiger partial charge in [0.25, 0.3) is 0 Å². The Bertz CT molecular complexity index is 352. The Hall–Kier alpha value is -1.16. The summed E-state index contributed by atoms with van der Waals surface area (Å²) in [5.41, 5.74) is 2.53. The molecule has 0 radical (unpaired) electrons. The molecule has 1 aromatic rings. The fourth-order valence-corrected chi connectivity index (χ4v) is 1.97. The number of hydrogen-bond donors (Lipinski definition) is 1. The van der Waals surface area contributed by atoms with Crippen molar-refractivity contribution < 1.29 is 4.74 Å². The van der Waals surface area contributed by atoms with Crippen LogP contribution in [0.25, 0.3) is 0 Å². The highest BCUT2D eigenvalue weighted by molar-refractivity contribution is 5.48. The molecule has 0 unspecified atom stereocenters. The lowest BCUT2D eigenvalue weighted by Gasteiger charge is -2.10. The van der Waals surface area contributed by atoms with Crippen molar-refractivity contribution in [2.75, 3.05) is 25.6 Å². The second-order valence-corrected chi connectivity index (χ2v) is 3.82. The van der Waals surface area contributed by atoms with Gasteiger partial charge in [0.2, 0.25) is 0 Å². The first-order chi connectivity index (χ1) is 7.31. The number of hydrogen-bond acceptors (Lipinski definition) is 4. The summed E-state index contributed by atoms with van der Waals surface area (Å²) in [6.45, 7) is 3.46. The normalized spacial score (nSPS) is 14.0. The first-order valence-electron chi connectivity index (χ1n) is 5.40. The predicted octanol–water partition coefficient (Wildman–Crippen LogP) is 1.33. The third kappa shape index (κ3) is 2.26. The van der Waals surface area contributed by atoms with Crippen molar-refractivity contribution in [2.24, 2.45) is 0 Å². The monoisotopic (exact) mass is 207 g/mol. The Morgan fingerprint density at radius 2 is 2.20 bits per heavy atom. The summed E-state index contributed by atoms with van der Waals surface area (Å²) in [4.78, 5) is 8.90. The first-order valence-corrected chi connectivity index (χ1v) is 5.40. The highest BCUT2D eigenvalue weighted by atomic mass is 16.5. The molecule has 1 N–H and O–H groups in total. The summed E-state index contributed by atoms with van der Waals surface area (Å²) in [6, 6.07) is 0. The number of rotatable bonds is 4. The quantitative estimate of drug-likeness (QED) is 0.757. The van der Waals surface area contributed by atoms with Crippen LogP contribution in [0.15, 0.2) is 0 Å². The van der Waals surface area contributed by atoms with Gasteiger partial charge < -0.3 is 10.1 Å². The molecular weight excluding hydrogens is 190 g/mol. The maximum Gasteiger partial charge on any atom is 0.133 e. The molecular formula is C11H17N3O. The van der Waals surface area contributed by atoms with Gasteiger partial charge in [-0.25, -0.2) is 9.97 Å². The van der Waals surface area contributed by atoms with Crippen LogP contribution >= 0.6 is 0 Å².